The fraction of sp³-hybridized carbons (Fsp3) is 0.562. The summed E-state index contributed by atoms with van der Waals surface area (Å²) in [6, 6.07) is 4.31. The highest BCUT2D eigenvalue weighted by atomic mass is 32.2. The minimum Gasteiger partial charge on any atom is -0.406 e. The van der Waals surface area contributed by atoms with E-state index < -0.39 is 22.1 Å². The molecule has 0 spiro atoms. The average Bonchev–Trinajstić information content (AvgIpc) is 2.59. The lowest BCUT2D eigenvalue weighted by Gasteiger charge is -2.32. The molecule has 1 amide bonds. The van der Waals surface area contributed by atoms with Crippen molar-refractivity contribution < 1.29 is 31.1 Å². The van der Waals surface area contributed by atoms with E-state index in [2.05, 4.69) is 4.74 Å². The number of sulfonamides is 1. The van der Waals surface area contributed by atoms with Crippen molar-refractivity contribution in [1.29, 1.82) is 0 Å². The van der Waals surface area contributed by atoms with Crippen molar-refractivity contribution in [3.63, 3.8) is 0 Å². The maximum atomic E-state index is 12.7. The monoisotopic (exact) mass is 394 g/mol. The smallest absolute Gasteiger partial charge is 0.406 e. The van der Waals surface area contributed by atoms with Crippen molar-refractivity contribution in [2.24, 2.45) is 5.92 Å². The molecule has 1 saturated heterocycles. The fourth-order valence-electron chi connectivity index (χ4n) is 2.79. The highest BCUT2D eigenvalue weighted by Gasteiger charge is 2.34. The molecule has 0 N–H and O–H groups in total. The van der Waals surface area contributed by atoms with Crippen LogP contribution in [0, 0.1) is 5.92 Å². The number of ether oxygens (including phenoxy) is 1. The molecule has 1 heterocycles. The molecule has 2 rings (SSSR count). The Hall–Kier alpha value is -1.81. The van der Waals surface area contributed by atoms with Gasteiger partial charge in [0.25, 0.3) is 0 Å². The van der Waals surface area contributed by atoms with Gasteiger partial charge in [-0.3, -0.25) is 4.79 Å². The van der Waals surface area contributed by atoms with E-state index in [1.807, 2.05) is 6.92 Å². The van der Waals surface area contributed by atoms with Crippen LogP contribution in [0.1, 0.15) is 19.8 Å². The van der Waals surface area contributed by atoms with Crippen LogP contribution in [-0.4, -0.2) is 56.6 Å². The summed E-state index contributed by atoms with van der Waals surface area (Å²) in [6.07, 6.45) is -4.14. The Kier molecular flexibility index (Phi) is 6.17. The van der Waals surface area contributed by atoms with Crippen LogP contribution in [-0.2, 0) is 14.8 Å². The first kappa shape index (κ1) is 20.5. The first-order valence-corrected chi connectivity index (χ1v) is 9.59. The van der Waals surface area contributed by atoms with Crippen LogP contribution in [0.2, 0.25) is 0 Å². The van der Waals surface area contributed by atoms with E-state index in [0.717, 1.165) is 12.1 Å². The molecule has 0 radical (unpaired) electrons. The minimum absolute atomic E-state index is 0.0230. The summed E-state index contributed by atoms with van der Waals surface area (Å²) in [4.78, 5) is 13.5. The molecule has 1 aliphatic rings. The van der Waals surface area contributed by atoms with E-state index in [-0.39, 0.29) is 29.8 Å². The maximum absolute atomic E-state index is 12.7. The Labute approximate surface area is 150 Å². The third-order valence-electron chi connectivity index (χ3n) is 4.33. The molecule has 0 atom stereocenters. The van der Waals surface area contributed by atoms with E-state index in [0.29, 0.717) is 19.4 Å². The third kappa shape index (κ3) is 4.88. The van der Waals surface area contributed by atoms with Gasteiger partial charge in [-0.05, 0) is 31.9 Å². The second-order valence-electron chi connectivity index (χ2n) is 6.05. The third-order valence-corrected chi connectivity index (χ3v) is 6.23. The number of rotatable bonds is 5. The summed E-state index contributed by atoms with van der Waals surface area (Å²) in [5.41, 5.74) is 0. The van der Waals surface area contributed by atoms with Crippen molar-refractivity contribution in [2.45, 2.75) is 31.0 Å². The summed E-state index contributed by atoms with van der Waals surface area (Å²) in [6.45, 7) is 2.71. The molecule has 10 heteroatoms. The largest absolute Gasteiger partial charge is 0.573 e. The molecule has 1 aromatic rings. The molecule has 0 saturated carbocycles. The number of carbonyl (C=O) groups excluding carboxylic acids is 1. The number of hydrogen-bond acceptors (Lipinski definition) is 4. The summed E-state index contributed by atoms with van der Waals surface area (Å²) in [5, 5.41) is 0. The Bertz CT molecular complexity index is 744. The highest BCUT2D eigenvalue weighted by molar-refractivity contribution is 7.89. The second kappa shape index (κ2) is 7.83. The summed E-state index contributed by atoms with van der Waals surface area (Å²) in [7, 11) is -2.26. The first-order valence-electron chi connectivity index (χ1n) is 8.15. The number of carbonyl (C=O) groups is 1. The molecule has 1 fully saturated rings. The number of halogens is 3. The van der Waals surface area contributed by atoms with Gasteiger partial charge in [-0.15, -0.1) is 13.2 Å². The van der Waals surface area contributed by atoms with E-state index in [1.165, 1.54) is 16.4 Å². The summed E-state index contributed by atoms with van der Waals surface area (Å²) < 4.78 is 67.3. The lowest BCUT2D eigenvalue weighted by atomic mass is 9.97. The van der Waals surface area contributed by atoms with Crippen molar-refractivity contribution in [3.05, 3.63) is 24.3 Å². The molecule has 1 aliphatic heterocycles. The predicted octanol–water partition coefficient (Wildman–Crippen LogP) is 2.46. The van der Waals surface area contributed by atoms with Crippen molar-refractivity contribution in [2.75, 3.05) is 26.7 Å². The van der Waals surface area contributed by atoms with E-state index >= 15 is 0 Å². The number of nitrogens with zero attached hydrogens (tertiary/aromatic N) is 2. The molecular weight excluding hydrogens is 373 g/mol. The van der Waals surface area contributed by atoms with Gasteiger partial charge >= 0.3 is 6.36 Å². The Morgan fingerprint density at radius 2 is 1.92 bits per heavy atom. The predicted molar refractivity (Wildman–Crippen MR) is 87.9 cm³/mol. The molecule has 1 aromatic carbocycles. The summed E-state index contributed by atoms with van der Waals surface area (Å²) >= 11 is 0. The Morgan fingerprint density at radius 1 is 1.31 bits per heavy atom. The van der Waals surface area contributed by atoms with Gasteiger partial charge in [0.15, 0.2) is 0 Å². The molecule has 0 aliphatic carbocycles. The van der Waals surface area contributed by atoms with Gasteiger partial charge in [-0.25, -0.2) is 8.42 Å². The van der Waals surface area contributed by atoms with Crippen molar-refractivity contribution >= 4 is 15.9 Å². The number of amides is 1. The normalized spacial score (nSPS) is 17.1. The molecule has 0 unspecified atom stereocenters. The zero-order valence-electron chi connectivity index (χ0n) is 14.5. The summed E-state index contributed by atoms with van der Waals surface area (Å²) in [5.74, 6) is -0.857. The zero-order valence-corrected chi connectivity index (χ0v) is 15.3. The quantitative estimate of drug-likeness (QED) is 0.770. The number of hydrogen-bond donors (Lipinski definition) is 0. The molecule has 146 valence electrons. The van der Waals surface area contributed by atoms with Gasteiger partial charge in [0.1, 0.15) is 5.75 Å². The van der Waals surface area contributed by atoms with E-state index in [1.54, 1.807) is 11.9 Å². The zero-order chi connectivity index (χ0) is 19.5. The minimum atomic E-state index is -4.90. The van der Waals surface area contributed by atoms with Crippen LogP contribution >= 0.6 is 0 Å². The standard InChI is InChI=1S/C16H21F3N2O4S/c1-3-20(2)15(22)12-7-9-21(10-8-12)26(23,24)14-6-4-5-13(11-14)25-16(17,18)19/h4-6,11-12H,3,7-10H2,1-2H3. The molecule has 0 bridgehead atoms. The Morgan fingerprint density at radius 3 is 2.46 bits per heavy atom. The average molecular weight is 394 g/mol. The van der Waals surface area contributed by atoms with Gasteiger partial charge in [-0.1, -0.05) is 6.07 Å². The van der Waals surface area contributed by atoms with Gasteiger partial charge in [0.2, 0.25) is 15.9 Å². The van der Waals surface area contributed by atoms with E-state index in [4.69, 9.17) is 0 Å². The number of piperidine rings is 1. The van der Waals surface area contributed by atoms with Crippen molar-refractivity contribution in [1.82, 2.24) is 9.21 Å². The second-order valence-corrected chi connectivity index (χ2v) is 7.99. The first-order chi connectivity index (χ1) is 12.0. The van der Waals surface area contributed by atoms with Gasteiger partial charge in [0.05, 0.1) is 4.90 Å². The van der Waals surface area contributed by atoms with Gasteiger partial charge in [-0.2, -0.15) is 4.31 Å². The van der Waals surface area contributed by atoms with Crippen LogP contribution in [0.25, 0.3) is 0 Å². The molecule has 26 heavy (non-hydrogen) atoms. The van der Waals surface area contributed by atoms with Crippen LogP contribution in [0.5, 0.6) is 5.75 Å². The van der Waals surface area contributed by atoms with Crippen molar-refractivity contribution in [3.8, 4) is 5.75 Å². The molecule has 0 aromatic heterocycles. The van der Waals surface area contributed by atoms with Crippen LogP contribution in [0.15, 0.2) is 29.2 Å². The van der Waals surface area contributed by atoms with E-state index in [9.17, 15) is 26.4 Å². The van der Waals surface area contributed by atoms with Crippen LogP contribution < -0.4 is 4.74 Å². The molecule has 6 nitrogen and oxygen atoms in total. The van der Waals surface area contributed by atoms with Crippen LogP contribution in [0.3, 0.4) is 0 Å². The number of benzene rings is 1. The Balaban J connectivity index is 2.10. The topological polar surface area (TPSA) is 66.9 Å². The fourth-order valence-corrected chi connectivity index (χ4v) is 4.30. The molecular formula is C16H21F3N2O4S. The SMILES string of the molecule is CCN(C)C(=O)C1CCN(S(=O)(=O)c2cccc(OC(F)(F)F)c2)CC1. The van der Waals surface area contributed by atoms with Gasteiger partial charge < -0.3 is 9.64 Å². The van der Waals surface area contributed by atoms with Gasteiger partial charge in [0, 0.05) is 38.7 Å². The number of alkyl halides is 3. The van der Waals surface area contributed by atoms with Crippen LogP contribution in [0.4, 0.5) is 13.2 Å². The maximum Gasteiger partial charge on any atom is 0.573 e. The lowest BCUT2D eigenvalue weighted by Crippen LogP contribution is -2.43. The highest BCUT2D eigenvalue weighted by Crippen LogP contribution is 2.28. The lowest BCUT2D eigenvalue weighted by molar-refractivity contribution is -0.274.